The fourth-order valence-electron chi connectivity index (χ4n) is 2.93. The minimum Gasteiger partial charge on any atom is -0.444 e. The topological polar surface area (TPSA) is 95.8 Å². The van der Waals surface area contributed by atoms with Gasteiger partial charge in [0.05, 0.1) is 5.69 Å². The van der Waals surface area contributed by atoms with Crippen LogP contribution in [0.25, 0.3) is 5.78 Å². The first kappa shape index (κ1) is 18.7. The average Bonchev–Trinajstić information content (AvgIpc) is 2.94. The van der Waals surface area contributed by atoms with Gasteiger partial charge in [-0.2, -0.15) is 9.50 Å². The van der Waals surface area contributed by atoms with Crippen LogP contribution in [0.2, 0.25) is 0 Å². The molecule has 1 saturated heterocycles. The number of ether oxygens (including phenoxy) is 1. The normalized spacial score (nSPS) is 15.6. The summed E-state index contributed by atoms with van der Waals surface area (Å²) >= 11 is 3.24. The van der Waals surface area contributed by atoms with Crippen LogP contribution in [0.5, 0.6) is 0 Å². The van der Waals surface area contributed by atoms with Gasteiger partial charge < -0.3 is 14.5 Å². The summed E-state index contributed by atoms with van der Waals surface area (Å²) in [5, 5.41) is 2.85. The van der Waals surface area contributed by atoms with Crippen molar-refractivity contribution in [1.29, 1.82) is 0 Å². The van der Waals surface area contributed by atoms with E-state index in [-0.39, 0.29) is 11.7 Å². The third-order valence-corrected chi connectivity index (χ3v) is 4.45. The largest absolute Gasteiger partial charge is 0.444 e. The summed E-state index contributed by atoms with van der Waals surface area (Å²) in [6.45, 7) is 9.58. The molecule has 1 aliphatic rings. The van der Waals surface area contributed by atoms with Crippen molar-refractivity contribution in [2.45, 2.75) is 39.7 Å². The van der Waals surface area contributed by atoms with Gasteiger partial charge in [-0.3, -0.25) is 9.89 Å². The maximum atomic E-state index is 12.9. The molecule has 9 nitrogen and oxygen atoms in total. The Morgan fingerprint density at radius 3 is 2.46 bits per heavy atom. The zero-order valence-electron chi connectivity index (χ0n) is 15.4. The number of aromatic nitrogens is 4. The lowest BCUT2D eigenvalue weighted by atomic mass is 10.2. The molecule has 0 atom stereocenters. The van der Waals surface area contributed by atoms with E-state index in [0.29, 0.717) is 54.5 Å². The zero-order valence-corrected chi connectivity index (χ0v) is 17.0. The molecule has 10 heteroatoms. The third kappa shape index (κ3) is 3.69. The number of piperazine rings is 1. The fourth-order valence-corrected chi connectivity index (χ4v) is 3.26. The number of nitrogens with one attached hydrogen (secondary N) is 1. The fraction of sp³-hybridized carbons (Fsp3) is 0.625. The molecule has 0 spiro atoms. The Labute approximate surface area is 159 Å². The van der Waals surface area contributed by atoms with Crippen LogP contribution < -0.4 is 10.5 Å². The second-order valence-corrected chi connectivity index (χ2v) is 7.92. The van der Waals surface area contributed by atoms with Crippen molar-refractivity contribution in [2.24, 2.45) is 0 Å². The summed E-state index contributed by atoms with van der Waals surface area (Å²) in [5.41, 5.74) is 0.561. The zero-order chi connectivity index (χ0) is 19.1. The van der Waals surface area contributed by atoms with Gasteiger partial charge in [0.15, 0.2) is 4.73 Å². The quantitative estimate of drug-likeness (QED) is 0.786. The highest BCUT2D eigenvalue weighted by Crippen LogP contribution is 2.19. The van der Waals surface area contributed by atoms with Crippen molar-refractivity contribution in [2.75, 3.05) is 31.1 Å². The first-order chi connectivity index (χ1) is 12.2. The number of hydrogen-bond acceptors (Lipinski definition) is 6. The number of fused-ring (bicyclic) bond motifs is 1. The number of carbonyl (C=O) groups is 1. The van der Waals surface area contributed by atoms with Crippen molar-refractivity contribution in [3.05, 3.63) is 20.8 Å². The van der Waals surface area contributed by atoms with E-state index in [0.717, 1.165) is 0 Å². The Morgan fingerprint density at radius 1 is 1.23 bits per heavy atom. The van der Waals surface area contributed by atoms with Gasteiger partial charge in [0.25, 0.3) is 11.3 Å². The summed E-state index contributed by atoms with van der Waals surface area (Å²) < 4.78 is 7.21. The van der Waals surface area contributed by atoms with E-state index in [9.17, 15) is 9.59 Å². The summed E-state index contributed by atoms with van der Waals surface area (Å²) in [7, 11) is 0. The molecule has 1 amide bonds. The van der Waals surface area contributed by atoms with Crippen LogP contribution in [0.15, 0.2) is 9.53 Å². The molecule has 0 bridgehead atoms. The van der Waals surface area contributed by atoms with Crippen LogP contribution in [0.3, 0.4) is 0 Å². The lowest BCUT2D eigenvalue weighted by Gasteiger charge is -2.36. The summed E-state index contributed by atoms with van der Waals surface area (Å²) in [5.74, 6) is 0.342. The van der Waals surface area contributed by atoms with Crippen molar-refractivity contribution >= 4 is 33.5 Å². The Morgan fingerprint density at radius 2 is 1.88 bits per heavy atom. The standard InChI is InChI=1S/C16H23BrN6O3/c1-5-10-11(12(24)23-14(18-10)19-13(17)20-23)21-6-8-22(9-7-21)15(25)26-16(2,3)4/h5-9H2,1-4H3,(H,18,19,20). The van der Waals surface area contributed by atoms with E-state index in [1.165, 1.54) is 4.52 Å². The van der Waals surface area contributed by atoms with E-state index in [4.69, 9.17) is 4.74 Å². The molecule has 1 N–H and O–H groups in total. The van der Waals surface area contributed by atoms with Gasteiger partial charge in [-0.05, 0) is 43.1 Å². The predicted octanol–water partition coefficient (Wildman–Crippen LogP) is 1.80. The number of anilines is 1. The number of carbonyl (C=O) groups excluding carboxylic acids is 1. The van der Waals surface area contributed by atoms with Gasteiger partial charge in [-0.25, -0.2) is 9.78 Å². The van der Waals surface area contributed by atoms with E-state index in [1.54, 1.807) is 4.90 Å². The van der Waals surface area contributed by atoms with Gasteiger partial charge in [-0.1, -0.05) is 6.92 Å². The lowest BCUT2D eigenvalue weighted by molar-refractivity contribution is 0.0240. The minimum atomic E-state index is -0.522. The SMILES string of the molecule is CCc1nc2nc(Br)[nH]n2c(=O)c1N1CCN(C(=O)OC(C)(C)C)CC1. The molecule has 2 aromatic rings. The highest BCUT2D eigenvalue weighted by molar-refractivity contribution is 9.10. The highest BCUT2D eigenvalue weighted by atomic mass is 79.9. The van der Waals surface area contributed by atoms with Crippen LogP contribution in [0.1, 0.15) is 33.4 Å². The monoisotopic (exact) mass is 426 g/mol. The molecule has 1 aliphatic heterocycles. The van der Waals surface area contributed by atoms with Gasteiger partial charge in [-0.15, -0.1) is 0 Å². The summed E-state index contributed by atoms with van der Waals surface area (Å²) in [6.07, 6.45) is 0.299. The van der Waals surface area contributed by atoms with E-state index in [1.807, 2.05) is 32.6 Å². The van der Waals surface area contributed by atoms with Crippen LogP contribution in [-0.4, -0.2) is 62.4 Å². The van der Waals surface area contributed by atoms with Gasteiger partial charge in [0.1, 0.15) is 11.3 Å². The first-order valence-electron chi connectivity index (χ1n) is 8.59. The van der Waals surface area contributed by atoms with Gasteiger partial charge >= 0.3 is 6.09 Å². The number of amides is 1. The summed E-state index contributed by atoms with van der Waals surface area (Å²) in [4.78, 5) is 37.4. The molecular formula is C16H23BrN6O3. The van der Waals surface area contributed by atoms with Crippen LogP contribution >= 0.6 is 15.9 Å². The Bertz CT molecular complexity index is 876. The number of hydrogen-bond donors (Lipinski definition) is 1. The van der Waals surface area contributed by atoms with E-state index >= 15 is 0 Å². The molecule has 0 aliphatic carbocycles. The molecule has 26 heavy (non-hydrogen) atoms. The van der Waals surface area contributed by atoms with Crippen molar-refractivity contribution in [3.63, 3.8) is 0 Å². The molecule has 0 aromatic carbocycles. The second kappa shape index (κ2) is 6.90. The molecule has 0 saturated carbocycles. The van der Waals surface area contributed by atoms with Crippen LogP contribution in [-0.2, 0) is 11.2 Å². The number of halogens is 1. The number of rotatable bonds is 2. The maximum Gasteiger partial charge on any atom is 0.410 e. The Kier molecular flexibility index (Phi) is 4.96. The Hall–Kier alpha value is -2.10. The third-order valence-electron chi connectivity index (χ3n) is 4.10. The van der Waals surface area contributed by atoms with Gasteiger partial charge in [0, 0.05) is 26.2 Å². The lowest BCUT2D eigenvalue weighted by Crippen LogP contribution is -2.51. The smallest absolute Gasteiger partial charge is 0.410 e. The number of aryl methyl sites for hydroxylation is 1. The summed E-state index contributed by atoms with van der Waals surface area (Å²) in [6, 6.07) is 0. The van der Waals surface area contributed by atoms with Crippen molar-refractivity contribution in [3.8, 4) is 0 Å². The highest BCUT2D eigenvalue weighted by Gasteiger charge is 2.28. The molecule has 0 unspecified atom stereocenters. The predicted molar refractivity (Wildman–Crippen MR) is 101 cm³/mol. The first-order valence-corrected chi connectivity index (χ1v) is 9.39. The van der Waals surface area contributed by atoms with E-state index < -0.39 is 5.60 Å². The average molecular weight is 427 g/mol. The number of aromatic amines is 1. The number of H-pyrrole nitrogens is 1. The van der Waals surface area contributed by atoms with Crippen molar-refractivity contribution < 1.29 is 9.53 Å². The minimum absolute atomic E-state index is 0.184. The molecule has 0 radical (unpaired) electrons. The second-order valence-electron chi connectivity index (χ2n) is 7.17. The van der Waals surface area contributed by atoms with Crippen LogP contribution in [0.4, 0.5) is 10.5 Å². The van der Waals surface area contributed by atoms with Crippen LogP contribution in [0, 0.1) is 0 Å². The molecule has 1 fully saturated rings. The maximum absolute atomic E-state index is 12.9. The van der Waals surface area contributed by atoms with Gasteiger partial charge in [0.2, 0.25) is 0 Å². The molecule has 142 valence electrons. The molecular weight excluding hydrogens is 404 g/mol. The molecule has 3 heterocycles. The molecule has 2 aromatic heterocycles. The van der Waals surface area contributed by atoms with E-state index in [2.05, 4.69) is 31.0 Å². The van der Waals surface area contributed by atoms with Crippen molar-refractivity contribution in [1.82, 2.24) is 24.5 Å². The number of nitrogens with zero attached hydrogens (tertiary/aromatic N) is 5. The Balaban J connectivity index is 1.82. The molecule has 3 rings (SSSR count).